The van der Waals surface area contributed by atoms with Crippen LogP contribution in [0.1, 0.15) is 22.8 Å². The van der Waals surface area contributed by atoms with Crippen molar-refractivity contribution in [3.05, 3.63) is 46.8 Å². The van der Waals surface area contributed by atoms with E-state index >= 15 is 0 Å². The van der Waals surface area contributed by atoms with Gasteiger partial charge in [0.1, 0.15) is 5.00 Å². The first-order valence-corrected chi connectivity index (χ1v) is 8.15. The molecule has 1 heterocycles. The van der Waals surface area contributed by atoms with Crippen molar-refractivity contribution >= 4 is 39.9 Å². The van der Waals surface area contributed by atoms with E-state index in [1.165, 1.54) is 23.1 Å². The molecule has 0 bridgehead atoms. The van der Waals surface area contributed by atoms with Gasteiger partial charge >= 0.3 is 0 Å². The monoisotopic (exact) mass is 320 g/mol. The predicted octanol–water partition coefficient (Wildman–Crippen LogP) is 3.27. The summed E-state index contributed by atoms with van der Waals surface area (Å²) in [6, 6.07) is 9.53. The number of thioether (sulfide) groups is 1. The van der Waals surface area contributed by atoms with Crippen LogP contribution in [0.5, 0.6) is 0 Å². The largest absolute Gasteiger partial charge is 0.366 e. The second-order valence-corrected chi connectivity index (χ2v) is 6.84. The molecule has 2 rings (SSSR count). The first-order valence-electron chi connectivity index (χ1n) is 6.39. The van der Waals surface area contributed by atoms with E-state index in [-0.39, 0.29) is 11.2 Å². The van der Waals surface area contributed by atoms with Crippen LogP contribution in [0.15, 0.2) is 40.6 Å². The van der Waals surface area contributed by atoms with Crippen molar-refractivity contribution in [2.45, 2.75) is 24.0 Å². The van der Waals surface area contributed by atoms with Crippen LogP contribution in [-0.4, -0.2) is 17.1 Å². The highest BCUT2D eigenvalue weighted by molar-refractivity contribution is 8.00. The van der Waals surface area contributed by atoms with Crippen molar-refractivity contribution in [1.29, 1.82) is 0 Å². The van der Waals surface area contributed by atoms with Gasteiger partial charge < -0.3 is 11.1 Å². The molecule has 21 heavy (non-hydrogen) atoms. The van der Waals surface area contributed by atoms with E-state index in [1.54, 1.807) is 11.4 Å². The molecule has 110 valence electrons. The van der Waals surface area contributed by atoms with Crippen LogP contribution < -0.4 is 11.1 Å². The molecule has 0 aliphatic rings. The van der Waals surface area contributed by atoms with Gasteiger partial charge in [0.25, 0.3) is 5.91 Å². The van der Waals surface area contributed by atoms with Gasteiger partial charge in [-0.2, -0.15) is 0 Å². The highest BCUT2D eigenvalue weighted by Crippen LogP contribution is 2.28. The van der Waals surface area contributed by atoms with E-state index in [1.807, 2.05) is 38.1 Å². The van der Waals surface area contributed by atoms with Crippen LogP contribution in [0, 0.1) is 6.92 Å². The molecule has 1 aromatic carbocycles. The Morgan fingerprint density at radius 3 is 2.67 bits per heavy atom. The van der Waals surface area contributed by atoms with E-state index in [0.29, 0.717) is 10.6 Å². The zero-order valence-electron chi connectivity index (χ0n) is 11.8. The van der Waals surface area contributed by atoms with Gasteiger partial charge in [0.15, 0.2) is 0 Å². The lowest BCUT2D eigenvalue weighted by molar-refractivity contribution is -0.115. The normalized spacial score (nSPS) is 11.9. The Labute approximate surface area is 131 Å². The Hall–Kier alpha value is -1.79. The van der Waals surface area contributed by atoms with Gasteiger partial charge in [-0.05, 0) is 36.9 Å². The van der Waals surface area contributed by atoms with Gasteiger partial charge in [-0.1, -0.05) is 18.2 Å². The molecule has 3 N–H and O–H groups in total. The van der Waals surface area contributed by atoms with Gasteiger partial charge in [0, 0.05) is 4.90 Å². The first kappa shape index (κ1) is 15.6. The van der Waals surface area contributed by atoms with Crippen molar-refractivity contribution < 1.29 is 9.59 Å². The number of hydrogen-bond acceptors (Lipinski definition) is 4. The number of nitrogens with two attached hydrogens (primary N) is 1. The minimum absolute atomic E-state index is 0.145. The summed E-state index contributed by atoms with van der Waals surface area (Å²) in [5.41, 5.74) is 6.75. The summed E-state index contributed by atoms with van der Waals surface area (Å²) in [6.07, 6.45) is 0. The van der Waals surface area contributed by atoms with E-state index in [0.717, 1.165) is 10.5 Å². The number of hydrogen-bond donors (Lipinski definition) is 2. The fraction of sp³-hybridized carbons (Fsp3) is 0.200. The molecule has 0 aliphatic heterocycles. The van der Waals surface area contributed by atoms with Crippen molar-refractivity contribution in [2.24, 2.45) is 5.73 Å². The van der Waals surface area contributed by atoms with Crippen molar-refractivity contribution in [3.63, 3.8) is 0 Å². The maximum Gasteiger partial charge on any atom is 0.251 e. The maximum atomic E-state index is 12.2. The Bertz CT molecular complexity index is 667. The molecule has 6 heteroatoms. The highest BCUT2D eigenvalue weighted by Gasteiger charge is 2.18. The van der Waals surface area contributed by atoms with Gasteiger partial charge in [-0.3, -0.25) is 9.59 Å². The molecule has 0 saturated heterocycles. The highest BCUT2D eigenvalue weighted by atomic mass is 32.2. The summed E-state index contributed by atoms with van der Waals surface area (Å²) in [7, 11) is 0. The van der Waals surface area contributed by atoms with Crippen molar-refractivity contribution in [1.82, 2.24) is 0 Å². The number of rotatable bonds is 5. The summed E-state index contributed by atoms with van der Waals surface area (Å²) >= 11 is 2.78. The fourth-order valence-electron chi connectivity index (χ4n) is 1.75. The number of amides is 2. The zero-order chi connectivity index (χ0) is 15.4. The summed E-state index contributed by atoms with van der Waals surface area (Å²) in [4.78, 5) is 24.5. The molecule has 4 nitrogen and oxygen atoms in total. The molecule has 0 fully saturated rings. The maximum absolute atomic E-state index is 12.2. The van der Waals surface area contributed by atoms with Gasteiger partial charge in [-0.25, -0.2) is 0 Å². The fourth-order valence-corrected chi connectivity index (χ4v) is 3.50. The number of benzene rings is 1. The van der Waals surface area contributed by atoms with Crippen molar-refractivity contribution in [2.75, 3.05) is 5.32 Å². The summed E-state index contributed by atoms with van der Waals surface area (Å²) < 4.78 is 0. The zero-order valence-corrected chi connectivity index (χ0v) is 13.4. The van der Waals surface area contributed by atoms with Crippen LogP contribution in [0.2, 0.25) is 0 Å². The van der Waals surface area contributed by atoms with E-state index in [9.17, 15) is 9.59 Å². The second kappa shape index (κ2) is 6.78. The van der Waals surface area contributed by atoms with Crippen LogP contribution in [0.25, 0.3) is 0 Å². The molecule has 0 radical (unpaired) electrons. The molecular weight excluding hydrogens is 304 g/mol. The standard InChI is InChI=1S/C15H16N2O2S2/c1-9-5-3-4-6-12(9)21-10(2)14(19)17-15-11(13(16)18)7-8-20-15/h3-8,10H,1-2H3,(H2,16,18)(H,17,19). The molecule has 1 unspecified atom stereocenters. The molecule has 0 spiro atoms. The average molecular weight is 320 g/mol. The number of primary amides is 1. The summed E-state index contributed by atoms with van der Waals surface area (Å²) in [6.45, 7) is 3.85. The number of aryl methyl sites for hydroxylation is 1. The molecule has 1 atom stereocenters. The van der Waals surface area contributed by atoms with E-state index in [4.69, 9.17) is 5.73 Å². The predicted molar refractivity (Wildman–Crippen MR) is 88.0 cm³/mol. The lowest BCUT2D eigenvalue weighted by atomic mass is 10.2. The minimum Gasteiger partial charge on any atom is -0.366 e. The van der Waals surface area contributed by atoms with Gasteiger partial charge in [0.05, 0.1) is 10.8 Å². The Morgan fingerprint density at radius 1 is 1.29 bits per heavy atom. The quantitative estimate of drug-likeness (QED) is 0.831. The Kier molecular flexibility index (Phi) is 5.03. The Balaban J connectivity index is 2.05. The second-order valence-electron chi connectivity index (χ2n) is 4.54. The molecule has 2 aromatic rings. The lowest BCUT2D eigenvalue weighted by Crippen LogP contribution is -2.23. The SMILES string of the molecule is Cc1ccccc1SC(C)C(=O)Nc1sccc1C(N)=O. The van der Waals surface area contributed by atoms with Gasteiger partial charge in [-0.15, -0.1) is 23.1 Å². The smallest absolute Gasteiger partial charge is 0.251 e. The minimum atomic E-state index is -0.536. The molecule has 0 saturated carbocycles. The van der Waals surface area contributed by atoms with Crippen molar-refractivity contribution in [3.8, 4) is 0 Å². The molecule has 0 aliphatic carbocycles. The number of carbonyl (C=O) groups is 2. The summed E-state index contributed by atoms with van der Waals surface area (Å²) in [5, 5.41) is 4.74. The topological polar surface area (TPSA) is 72.2 Å². The van der Waals surface area contributed by atoms with Crippen LogP contribution in [0.4, 0.5) is 5.00 Å². The molecule has 1 aromatic heterocycles. The third-order valence-corrected chi connectivity index (χ3v) is 5.04. The van der Waals surface area contributed by atoms with Crippen LogP contribution >= 0.6 is 23.1 Å². The number of anilines is 1. The van der Waals surface area contributed by atoms with E-state index in [2.05, 4.69) is 5.32 Å². The molecule has 2 amide bonds. The summed E-state index contributed by atoms with van der Waals surface area (Å²) in [5.74, 6) is -0.682. The first-order chi connectivity index (χ1) is 9.99. The van der Waals surface area contributed by atoms with E-state index < -0.39 is 5.91 Å². The number of thiophene rings is 1. The third-order valence-electron chi connectivity index (χ3n) is 2.93. The van der Waals surface area contributed by atoms with Gasteiger partial charge in [0.2, 0.25) is 5.91 Å². The third kappa shape index (κ3) is 3.86. The van der Waals surface area contributed by atoms with Crippen LogP contribution in [-0.2, 0) is 4.79 Å². The van der Waals surface area contributed by atoms with Crippen LogP contribution in [0.3, 0.4) is 0 Å². The Morgan fingerprint density at radius 2 is 2.00 bits per heavy atom. The molecular formula is C15H16N2O2S2. The lowest BCUT2D eigenvalue weighted by Gasteiger charge is -2.13. The number of carbonyl (C=O) groups excluding carboxylic acids is 2. The number of nitrogens with one attached hydrogen (secondary N) is 1. The average Bonchev–Trinajstić information content (AvgIpc) is 2.89.